The number of nitrogens with one attached hydrogen (secondary N) is 1. The van der Waals surface area contributed by atoms with Crippen LogP contribution in [0.15, 0.2) is 38.3 Å². The molecule has 0 aromatic carbocycles. The van der Waals surface area contributed by atoms with Crippen LogP contribution in [-0.2, 0) is 0 Å². The molecule has 0 bridgehead atoms. The lowest BCUT2D eigenvalue weighted by Crippen LogP contribution is -2.05. The van der Waals surface area contributed by atoms with Crippen molar-refractivity contribution in [1.82, 2.24) is 20.3 Å². The molecule has 0 spiro atoms. The minimum Gasteiger partial charge on any atom is -0.332 e. The molecular formula is C10H6N4O2S. The quantitative estimate of drug-likeness (QED) is 0.741. The van der Waals surface area contributed by atoms with E-state index in [1.807, 2.05) is 16.8 Å². The fraction of sp³-hybridized carbons (Fsp3) is 0. The molecule has 6 nitrogen and oxygen atoms in total. The van der Waals surface area contributed by atoms with Crippen molar-refractivity contribution in [3.8, 4) is 23.0 Å². The fourth-order valence-electron chi connectivity index (χ4n) is 1.30. The first-order valence-electron chi connectivity index (χ1n) is 4.75. The molecule has 0 radical (unpaired) electrons. The van der Waals surface area contributed by atoms with Crippen LogP contribution in [0.1, 0.15) is 0 Å². The van der Waals surface area contributed by atoms with Gasteiger partial charge in [-0.15, -0.1) is 0 Å². The monoisotopic (exact) mass is 246 g/mol. The van der Waals surface area contributed by atoms with Gasteiger partial charge in [0, 0.05) is 17.0 Å². The van der Waals surface area contributed by atoms with Gasteiger partial charge in [0.1, 0.15) is 5.69 Å². The standard InChI is InChI=1S/C10H6N4O2S/c15-8-2-1-7(12-13-8)10-11-9(14-16-10)6-3-4-17-5-6/h1-5H,(H,13,15). The van der Waals surface area contributed by atoms with Gasteiger partial charge in [-0.1, -0.05) is 5.16 Å². The van der Waals surface area contributed by atoms with E-state index in [1.165, 1.54) is 12.1 Å². The van der Waals surface area contributed by atoms with E-state index < -0.39 is 0 Å². The minimum atomic E-state index is -0.272. The van der Waals surface area contributed by atoms with E-state index in [9.17, 15) is 4.79 Å². The Bertz CT molecular complexity index is 666. The van der Waals surface area contributed by atoms with Crippen LogP contribution in [-0.4, -0.2) is 20.3 Å². The van der Waals surface area contributed by atoms with Gasteiger partial charge in [-0.05, 0) is 17.5 Å². The van der Waals surface area contributed by atoms with Crippen molar-refractivity contribution in [3.05, 3.63) is 39.3 Å². The van der Waals surface area contributed by atoms with Crippen LogP contribution in [0.25, 0.3) is 23.0 Å². The molecule has 3 aromatic heterocycles. The smallest absolute Gasteiger partial charge is 0.278 e. The Morgan fingerprint density at radius 1 is 1.29 bits per heavy atom. The Morgan fingerprint density at radius 3 is 2.94 bits per heavy atom. The predicted octanol–water partition coefficient (Wildman–Crippen LogP) is 1.55. The number of nitrogens with zero attached hydrogens (tertiary/aromatic N) is 3. The van der Waals surface area contributed by atoms with Crippen molar-refractivity contribution in [2.45, 2.75) is 0 Å². The molecule has 1 N–H and O–H groups in total. The number of H-pyrrole nitrogens is 1. The van der Waals surface area contributed by atoms with E-state index in [0.29, 0.717) is 11.5 Å². The second kappa shape index (κ2) is 3.95. The molecule has 0 saturated heterocycles. The van der Waals surface area contributed by atoms with Gasteiger partial charge in [-0.3, -0.25) is 4.79 Å². The zero-order chi connectivity index (χ0) is 11.7. The summed E-state index contributed by atoms with van der Waals surface area (Å²) in [6.07, 6.45) is 0. The Labute approximate surface area is 98.9 Å². The topological polar surface area (TPSA) is 84.7 Å². The normalized spacial score (nSPS) is 10.6. The Kier molecular flexibility index (Phi) is 2.30. The van der Waals surface area contributed by atoms with Crippen molar-refractivity contribution in [1.29, 1.82) is 0 Å². The van der Waals surface area contributed by atoms with Gasteiger partial charge in [0.05, 0.1) is 0 Å². The first kappa shape index (κ1) is 9.91. The van der Waals surface area contributed by atoms with E-state index in [1.54, 1.807) is 11.3 Å². The number of hydrogen-bond donors (Lipinski definition) is 1. The second-order valence-electron chi connectivity index (χ2n) is 3.24. The van der Waals surface area contributed by atoms with Crippen LogP contribution in [0, 0.1) is 0 Å². The summed E-state index contributed by atoms with van der Waals surface area (Å²) in [6.45, 7) is 0. The maximum Gasteiger partial charge on any atom is 0.278 e. The van der Waals surface area contributed by atoms with E-state index >= 15 is 0 Å². The highest BCUT2D eigenvalue weighted by Gasteiger charge is 2.11. The zero-order valence-electron chi connectivity index (χ0n) is 8.45. The molecule has 17 heavy (non-hydrogen) atoms. The van der Waals surface area contributed by atoms with Crippen LogP contribution in [0.3, 0.4) is 0 Å². The van der Waals surface area contributed by atoms with E-state index in [-0.39, 0.29) is 11.4 Å². The summed E-state index contributed by atoms with van der Waals surface area (Å²) in [5.74, 6) is 0.789. The van der Waals surface area contributed by atoms with Crippen molar-refractivity contribution < 1.29 is 4.52 Å². The number of aromatic nitrogens is 4. The van der Waals surface area contributed by atoms with Crippen LogP contribution in [0.4, 0.5) is 0 Å². The Morgan fingerprint density at radius 2 is 2.24 bits per heavy atom. The highest BCUT2D eigenvalue weighted by molar-refractivity contribution is 7.08. The molecule has 0 aliphatic rings. The summed E-state index contributed by atoms with van der Waals surface area (Å²) in [6, 6.07) is 4.79. The third-order valence-electron chi connectivity index (χ3n) is 2.10. The molecule has 0 atom stereocenters. The molecule has 3 aromatic rings. The summed E-state index contributed by atoms with van der Waals surface area (Å²) in [5, 5.41) is 13.8. The first-order chi connectivity index (χ1) is 8.33. The van der Waals surface area contributed by atoms with E-state index in [4.69, 9.17) is 4.52 Å². The molecule has 0 saturated carbocycles. The molecule has 0 amide bonds. The first-order valence-corrected chi connectivity index (χ1v) is 5.69. The number of rotatable bonds is 2. The van der Waals surface area contributed by atoms with Crippen molar-refractivity contribution >= 4 is 11.3 Å². The molecule has 0 fully saturated rings. The lowest BCUT2D eigenvalue weighted by atomic mass is 10.3. The van der Waals surface area contributed by atoms with Crippen molar-refractivity contribution in [2.75, 3.05) is 0 Å². The molecule has 0 aliphatic carbocycles. The van der Waals surface area contributed by atoms with Gasteiger partial charge in [-0.25, -0.2) is 5.10 Å². The largest absolute Gasteiger partial charge is 0.332 e. The fourth-order valence-corrected chi connectivity index (χ4v) is 1.93. The van der Waals surface area contributed by atoms with Crippen molar-refractivity contribution in [2.24, 2.45) is 0 Å². The van der Waals surface area contributed by atoms with Gasteiger partial charge in [-0.2, -0.15) is 21.4 Å². The lowest BCUT2D eigenvalue weighted by molar-refractivity contribution is 0.430. The van der Waals surface area contributed by atoms with Crippen LogP contribution in [0.2, 0.25) is 0 Å². The summed E-state index contributed by atoms with van der Waals surface area (Å²) in [4.78, 5) is 15.1. The highest BCUT2D eigenvalue weighted by Crippen LogP contribution is 2.21. The maximum absolute atomic E-state index is 10.9. The minimum absolute atomic E-state index is 0.272. The molecule has 7 heteroatoms. The maximum atomic E-state index is 10.9. The third-order valence-corrected chi connectivity index (χ3v) is 2.79. The summed E-state index contributed by atoms with van der Waals surface area (Å²) >= 11 is 1.56. The second-order valence-corrected chi connectivity index (χ2v) is 4.02. The van der Waals surface area contributed by atoms with Gasteiger partial charge >= 0.3 is 0 Å². The van der Waals surface area contributed by atoms with Gasteiger partial charge in [0.15, 0.2) is 0 Å². The summed E-state index contributed by atoms with van der Waals surface area (Å²) in [5.41, 5.74) is 1.07. The van der Waals surface area contributed by atoms with E-state index in [2.05, 4.69) is 20.3 Å². The lowest BCUT2D eigenvalue weighted by Gasteiger charge is -1.89. The number of hydrogen-bond acceptors (Lipinski definition) is 6. The van der Waals surface area contributed by atoms with Gasteiger partial charge < -0.3 is 4.52 Å². The SMILES string of the molecule is O=c1ccc(-c2nc(-c3ccsc3)no2)n[nH]1. The van der Waals surface area contributed by atoms with Gasteiger partial charge in [0.2, 0.25) is 5.82 Å². The molecule has 84 valence electrons. The Balaban J connectivity index is 2.00. The number of aromatic amines is 1. The summed E-state index contributed by atoms with van der Waals surface area (Å²) in [7, 11) is 0. The molecule has 0 aliphatic heterocycles. The average Bonchev–Trinajstić information content (AvgIpc) is 3.00. The van der Waals surface area contributed by atoms with Crippen LogP contribution in [0.5, 0.6) is 0 Å². The highest BCUT2D eigenvalue weighted by atomic mass is 32.1. The molecule has 3 heterocycles. The third kappa shape index (κ3) is 1.87. The van der Waals surface area contributed by atoms with E-state index in [0.717, 1.165) is 5.56 Å². The Hall–Kier alpha value is -2.28. The molecule has 0 unspecified atom stereocenters. The van der Waals surface area contributed by atoms with Crippen molar-refractivity contribution in [3.63, 3.8) is 0 Å². The van der Waals surface area contributed by atoms with Gasteiger partial charge in [0.25, 0.3) is 11.4 Å². The summed E-state index contributed by atoms with van der Waals surface area (Å²) < 4.78 is 5.07. The van der Waals surface area contributed by atoms with Crippen LogP contribution >= 0.6 is 11.3 Å². The van der Waals surface area contributed by atoms with Crippen LogP contribution < -0.4 is 5.56 Å². The number of thiophene rings is 1. The average molecular weight is 246 g/mol. The molecule has 3 rings (SSSR count). The zero-order valence-corrected chi connectivity index (χ0v) is 9.27. The molecular weight excluding hydrogens is 240 g/mol. The predicted molar refractivity (Wildman–Crippen MR) is 61.5 cm³/mol.